The Bertz CT molecular complexity index is 1280. The number of hydrogen-bond donors (Lipinski definition) is 2. The average molecular weight is 467 g/mol. The van der Waals surface area contributed by atoms with Crippen LogP contribution in [0.2, 0.25) is 0 Å². The number of nitrogen functional groups attached to an aromatic ring is 1. The highest BCUT2D eigenvalue weighted by molar-refractivity contribution is 6.43. The van der Waals surface area contributed by atoms with Gasteiger partial charge in [0.1, 0.15) is 0 Å². The molecule has 3 aromatic carbocycles. The number of imide groups is 1. The van der Waals surface area contributed by atoms with E-state index in [1.807, 2.05) is 42.5 Å². The Labute approximate surface area is 206 Å². The number of likely N-dealkylation sites (tertiary alicyclic amines) is 1. The van der Waals surface area contributed by atoms with Crippen LogP contribution in [-0.2, 0) is 16.1 Å². The van der Waals surface area contributed by atoms with Gasteiger partial charge in [0.2, 0.25) is 5.91 Å². The van der Waals surface area contributed by atoms with Crippen LogP contribution in [0.4, 0.5) is 17.1 Å². The summed E-state index contributed by atoms with van der Waals surface area (Å²) >= 11 is 0. The van der Waals surface area contributed by atoms with Crippen LogP contribution in [0.1, 0.15) is 42.9 Å². The molecule has 1 fully saturated rings. The Morgan fingerprint density at radius 1 is 0.943 bits per heavy atom. The predicted octanol–water partition coefficient (Wildman–Crippen LogP) is 5.13. The number of rotatable bonds is 5. The zero-order valence-corrected chi connectivity index (χ0v) is 20.0. The molecule has 0 radical (unpaired) electrons. The summed E-state index contributed by atoms with van der Waals surface area (Å²) in [7, 11) is 0. The molecule has 2 aliphatic rings. The highest BCUT2D eigenvalue weighted by Gasteiger charge is 2.37. The third kappa shape index (κ3) is 4.70. The van der Waals surface area contributed by atoms with Gasteiger partial charge < -0.3 is 11.1 Å². The largest absolute Gasteiger partial charge is 0.399 e. The lowest BCUT2D eigenvalue weighted by atomic mass is 9.99. The van der Waals surface area contributed by atoms with Crippen molar-refractivity contribution in [2.24, 2.45) is 0 Å². The molecule has 1 saturated heterocycles. The Morgan fingerprint density at radius 3 is 2.34 bits per heavy atom. The van der Waals surface area contributed by atoms with Crippen molar-refractivity contribution in [3.8, 4) is 0 Å². The van der Waals surface area contributed by atoms with Gasteiger partial charge in [0.05, 0.1) is 17.0 Å². The molecule has 2 amide bonds. The van der Waals surface area contributed by atoms with Gasteiger partial charge in [-0.15, -0.1) is 0 Å². The van der Waals surface area contributed by atoms with Crippen LogP contribution in [0.25, 0.3) is 11.3 Å². The molecular weight excluding hydrogens is 436 g/mol. The van der Waals surface area contributed by atoms with E-state index in [-0.39, 0.29) is 11.8 Å². The van der Waals surface area contributed by atoms with Crippen molar-refractivity contribution in [2.45, 2.75) is 32.7 Å². The molecule has 0 bridgehead atoms. The summed E-state index contributed by atoms with van der Waals surface area (Å²) < 4.78 is 0. The third-order valence-electron chi connectivity index (χ3n) is 6.65. The number of nitrogens with zero attached hydrogens (tertiary/aromatic N) is 2. The second kappa shape index (κ2) is 9.76. The summed E-state index contributed by atoms with van der Waals surface area (Å²) in [6.45, 7) is 4.66. The normalized spacial score (nSPS) is 17.3. The van der Waals surface area contributed by atoms with Crippen molar-refractivity contribution < 1.29 is 9.59 Å². The minimum absolute atomic E-state index is 0.328. The fraction of sp³-hybridized carbons (Fsp3) is 0.241. The van der Waals surface area contributed by atoms with Gasteiger partial charge in [0.15, 0.2) is 0 Å². The van der Waals surface area contributed by atoms with E-state index >= 15 is 0 Å². The summed E-state index contributed by atoms with van der Waals surface area (Å²) in [6.07, 6.45) is 3.86. The molecule has 5 rings (SSSR count). The first-order chi connectivity index (χ1) is 17.0. The molecule has 6 heteroatoms. The Hall–Kier alpha value is -3.90. The maximum Gasteiger partial charge on any atom is 0.267 e. The fourth-order valence-electron chi connectivity index (χ4n) is 4.94. The quantitative estimate of drug-likeness (QED) is 0.403. The van der Waals surface area contributed by atoms with E-state index in [1.165, 1.54) is 36.6 Å². The lowest BCUT2D eigenvalue weighted by Gasteiger charge is -2.26. The highest BCUT2D eigenvalue weighted by Crippen LogP contribution is 2.42. The van der Waals surface area contributed by atoms with E-state index in [2.05, 4.69) is 22.3 Å². The number of nitrogens with two attached hydrogens (primary N) is 1. The molecule has 3 N–H and O–H groups in total. The number of piperidine rings is 1. The maximum absolute atomic E-state index is 13.6. The zero-order valence-electron chi connectivity index (χ0n) is 20.0. The Balaban J connectivity index is 1.54. The van der Waals surface area contributed by atoms with E-state index < -0.39 is 0 Å². The molecule has 0 aromatic heterocycles. The van der Waals surface area contributed by atoms with Crippen LogP contribution in [0.3, 0.4) is 0 Å². The van der Waals surface area contributed by atoms with Crippen LogP contribution in [0, 0.1) is 0 Å². The van der Waals surface area contributed by atoms with Crippen LogP contribution in [0.15, 0.2) is 72.8 Å². The SMILES string of the molecule is CC(=O)N1C(=O)C(=C(Nc2ccc(CN3CCCCC3)cc2)c2ccccc2)c2cc(N)ccc21. The number of anilines is 3. The van der Waals surface area contributed by atoms with Crippen LogP contribution in [-0.4, -0.2) is 29.8 Å². The Morgan fingerprint density at radius 2 is 1.66 bits per heavy atom. The molecule has 2 aliphatic heterocycles. The smallest absolute Gasteiger partial charge is 0.267 e. The van der Waals surface area contributed by atoms with Gasteiger partial charge in [-0.25, -0.2) is 4.90 Å². The molecule has 0 aliphatic carbocycles. The molecule has 3 aromatic rings. The number of fused-ring (bicyclic) bond motifs is 1. The van der Waals surface area contributed by atoms with Gasteiger partial charge in [-0.05, 0) is 67.4 Å². The first-order valence-electron chi connectivity index (χ1n) is 12.1. The van der Waals surface area contributed by atoms with Crippen molar-refractivity contribution in [3.05, 3.63) is 89.5 Å². The van der Waals surface area contributed by atoms with E-state index in [0.717, 1.165) is 30.9 Å². The van der Waals surface area contributed by atoms with Crippen LogP contribution in [0.5, 0.6) is 0 Å². The Kier molecular flexibility index (Phi) is 6.38. The summed E-state index contributed by atoms with van der Waals surface area (Å²) in [5.41, 5.74) is 11.9. The molecular formula is C29H30N4O2. The summed E-state index contributed by atoms with van der Waals surface area (Å²) in [4.78, 5) is 29.7. The van der Waals surface area contributed by atoms with Crippen molar-refractivity contribution >= 4 is 40.1 Å². The number of carbonyl (C=O) groups excluding carboxylic acids is 2. The molecule has 0 unspecified atom stereocenters. The number of nitrogens with one attached hydrogen (secondary N) is 1. The summed E-state index contributed by atoms with van der Waals surface area (Å²) in [5, 5.41) is 3.48. The van der Waals surface area contributed by atoms with E-state index in [0.29, 0.717) is 28.2 Å². The topological polar surface area (TPSA) is 78.7 Å². The summed E-state index contributed by atoms with van der Waals surface area (Å²) in [5.74, 6) is -0.684. The standard InChI is InChI=1S/C29H30N4O2/c1-20(34)33-26-15-12-23(30)18-25(26)27(29(33)35)28(22-8-4-2-5-9-22)31-24-13-10-21(11-14-24)19-32-16-6-3-7-17-32/h2,4-5,8-15,18,31H,3,6-7,16-17,19,30H2,1H3. The minimum Gasteiger partial charge on any atom is -0.399 e. The average Bonchev–Trinajstić information content (AvgIpc) is 3.15. The van der Waals surface area contributed by atoms with E-state index in [4.69, 9.17) is 5.73 Å². The molecule has 0 saturated carbocycles. The van der Waals surface area contributed by atoms with Crippen LogP contribution >= 0.6 is 0 Å². The van der Waals surface area contributed by atoms with Gasteiger partial charge in [-0.3, -0.25) is 14.5 Å². The van der Waals surface area contributed by atoms with Gasteiger partial charge in [-0.1, -0.05) is 48.9 Å². The lowest BCUT2D eigenvalue weighted by Crippen LogP contribution is -2.31. The number of benzene rings is 3. The molecule has 6 nitrogen and oxygen atoms in total. The second-order valence-electron chi connectivity index (χ2n) is 9.21. The van der Waals surface area contributed by atoms with Gasteiger partial charge >= 0.3 is 0 Å². The van der Waals surface area contributed by atoms with Gasteiger partial charge in [0, 0.05) is 30.4 Å². The van der Waals surface area contributed by atoms with Crippen molar-refractivity contribution in [1.29, 1.82) is 0 Å². The first-order valence-corrected chi connectivity index (χ1v) is 12.1. The van der Waals surface area contributed by atoms with Gasteiger partial charge in [-0.2, -0.15) is 0 Å². The number of carbonyl (C=O) groups is 2. The monoisotopic (exact) mass is 466 g/mol. The second-order valence-corrected chi connectivity index (χ2v) is 9.21. The van der Waals surface area contributed by atoms with E-state index in [1.54, 1.807) is 18.2 Å². The zero-order chi connectivity index (χ0) is 24.4. The maximum atomic E-state index is 13.6. The lowest BCUT2D eigenvalue weighted by molar-refractivity contribution is -0.122. The van der Waals surface area contributed by atoms with E-state index in [9.17, 15) is 9.59 Å². The molecule has 0 spiro atoms. The van der Waals surface area contributed by atoms with Crippen molar-refractivity contribution in [2.75, 3.05) is 29.0 Å². The number of amides is 2. The molecule has 35 heavy (non-hydrogen) atoms. The molecule has 2 heterocycles. The van der Waals surface area contributed by atoms with Crippen LogP contribution < -0.4 is 16.0 Å². The third-order valence-corrected chi connectivity index (χ3v) is 6.65. The highest BCUT2D eigenvalue weighted by atomic mass is 16.2. The van der Waals surface area contributed by atoms with Gasteiger partial charge in [0.25, 0.3) is 5.91 Å². The molecule has 0 atom stereocenters. The summed E-state index contributed by atoms with van der Waals surface area (Å²) in [6, 6.07) is 23.3. The van der Waals surface area contributed by atoms with Crippen molar-refractivity contribution in [3.63, 3.8) is 0 Å². The number of hydrogen-bond acceptors (Lipinski definition) is 5. The predicted molar refractivity (Wildman–Crippen MR) is 141 cm³/mol. The fourth-order valence-corrected chi connectivity index (χ4v) is 4.94. The van der Waals surface area contributed by atoms with Crippen molar-refractivity contribution in [1.82, 2.24) is 4.90 Å². The first kappa shape index (κ1) is 22.9. The minimum atomic E-state index is -0.355. The molecule has 178 valence electrons.